The van der Waals surface area contributed by atoms with E-state index in [1.54, 1.807) is 0 Å². The van der Waals surface area contributed by atoms with Crippen molar-refractivity contribution in [3.8, 4) is 39.3 Å². The molecule has 6 heteroatoms. The molecule has 15 aromatic carbocycles. The van der Waals surface area contributed by atoms with Crippen molar-refractivity contribution >= 4 is 110 Å². The average Bonchev–Trinajstić information content (AvgIpc) is 1.61. The average molecular weight is 1250 g/mol. The van der Waals surface area contributed by atoms with Crippen LogP contribution in [-0.2, 0) is 0 Å². The monoisotopic (exact) mass is 1250 g/mol. The van der Waals surface area contributed by atoms with Gasteiger partial charge in [0.15, 0.2) is 0 Å². The first kappa shape index (κ1) is 59.4. The molecule has 0 N–H and O–H groups in total. The summed E-state index contributed by atoms with van der Waals surface area (Å²) in [5, 5.41) is 10.1. The fraction of sp³-hybridized carbons (Fsp3) is 0.0330. The zero-order valence-electron chi connectivity index (χ0n) is 54.4. The van der Waals surface area contributed by atoms with E-state index in [1.807, 2.05) is 0 Å². The number of aromatic nitrogens is 3. The van der Waals surface area contributed by atoms with Crippen LogP contribution < -0.4 is 14.7 Å². The van der Waals surface area contributed by atoms with Crippen molar-refractivity contribution in [3.63, 3.8) is 0 Å². The number of nitrogens with zero attached hydrogens (tertiary/aromatic N) is 6. The molecule has 6 nitrogen and oxygen atoms in total. The van der Waals surface area contributed by atoms with Crippen LogP contribution in [0.5, 0.6) is 0 Å². The number of fused-ring (bicyclic) bond motifs is 10. The Kier molecular flexibility index (Phi) is 15.9. The van der Waals surface area contributed by atoms with Crippen LogP contribution in [0.3, 0.4) is 0 Å². The highest BCUT2D eigenvalue weighted by molar-refractivity contribution is 6.13. The van der Waals surface area contributed by atoms with E-state index in [0.717, 1.165) is 0 Å². The number of hydrogen-bond acceptors (Lipinski definition) is 3. The first-order valence-corrected chi connectivity index (χ1v) is 33.2. The van der Waals surface area contributed by atoms with Gasteiger partial charge in [-0.05, 0) is 179 Å². The largest absolute Gasteiger partial charge is 0.345 e. The molecule has 0 unspecified atom stereocenters. The van der Waals surface area contributed by atoms with Gasteiger partial charge in [0.25, 0.3) is 0 Å². The van der Waals surface area contributed by atoms with Crippen LogP contribution in [0, 0.1) is 0 Å². The van der Waals surface area contributed by atoms with Crippen molar-refractivity contribution in [1.29, 1.82) is 0 Å². The topological polar surface area (TPSA) is 24.5 Å². The molecule has 0 aliphatic rings. The van der Waals surface area contributed by atoms with Crippen molar-refractivity contribution < 1.29 is 0 Å². The van der Waals surface area contributed by atoms with Crippen LogP contribution in [0.15, 0.2) is 370 Å². The second kappa shape index (κ2) is 26.0. The predicted molar refractivity (Wildman–Crippen MR) is 414 cm³/mol. The molecule has 0 amide bonds. The van der Waals surface area contributed by atoms with Gasteiger partial charge in [0, 0.05) is 105 Å². The van der Waals surface area contributed by atoms with Crippen molar-refractivity contribution in [3.05, 3.63) is 370 Å². The Morgan fingerprint density at radius 3 is 0.918 bits per heavy atom. The van der Waals surface area contributed by atoms with Gasteiger partial charge in [-0.3, -0.25) is 0 Å². The van der Waals surface area contributed by atoms with E-state index in [1.165, 1.54) is 150 Å². The van der Waals surface area contributed by atoms with Gasteiger partial charge < -0.3 is 28.4 Å². The summed E-state index contributed by atoms with van der Waals surface area (Å²) in [7, 11) is 6.37. The van der Waals surface area contributed by atoms with E-state index in [9.17, 15) is 0 Å². The number of para-hydroxylation sites is 6. The summed E-state index contributed by atoms with van der Waals surface area (Å²) < 4.78 is 7.12. The Bertz CT molecular complexity index is 5800. The van der Waals surface area contributed by atoms with Crippen molar-refractivity contribution in [2.24, 2.45) is 0 Å². The lowest BCUT2D eigenvalue weighted by Crippen LogP contribution is -2.08. The fourth-order valence-corrected chi connectivity index (χ4v) is 13.9. The third kappa shape index (κ3) is 11.5. The predicted octanol–water partition coefficient (Wildman–Crippen LogP) is 24.1. The second-order valence-corrected chi connectivity index (χ2v) is 24.7. The van der Waals surface area contributed by atoms with Gasteiger partial charge in [0.1, 0.15) is 0 Å². The molecule has 0 aliphatic carbocycles. The molecule has 0 atom stereocenters. The third-order valence-corrected chi connectivity index (χ3v) is 19.0. The standard InChI is InChI=1S/2C31H24N2.C29H22N2/c1-32(25-14-6-3-7-15-25)26-19-20-31-29(22-26)28-17-8-9-18-30(28)33(31)27-16-10-13-24(21-27)23-11-4-2-5-12-23;1-32(25-12-6-3-7-13-25)27-20-21-31-29(22-27)28-14-8-9-15-30(28)33(31)26-18-16-24(17-19-26)23-10-4-2-5-11-23;1-30(23-11-3-2-4-12-23)24-17-18-29-27(20-24)26-13-7-8-14-28(26)31(29)25-16-15-21-9-5-6-10-22(21)19-25/h2*2-22H,1H3;2-20H,1H3. The minimum atomic E-state index is 1.17. The van der Waals surface area contributed by atoms with E-state index in [4.69, 9.17) is 0 Å². The van der Waals surface area contributed by atoms with Crippen LogP contribution in [0.1, 0.15) is 0 Å². The van der Waals surface area contributed by atoms with E-state index in [-0.39, 0.29) is 0 Å². The van der Waals surface area contributed by atoms with E-state index >= 15 is 0 Å². The maximum absolute atomic E-state index is 2.38. The van der Waals surface area contributed by atoms with Crippen LogP contribution in [0.4, 0.5) is 34.1 Å². The molecule has 18 aromatic rings. The SMILES string of the molecule is CN(c1ccccc1)c1ccc2c(c1)c1ccccc1n2-c1ccc(-c2ccccc2)cc1.CN(c1ccccc1)c1ccc2c(c1)c1ccccc1n2-c1ccc2ccccc2c1.CN(c1ccccc1)c1ccc2c(c1)c1ccccc1n2-c1cccc(-c2ccccc2)c1. The van der Waals surface area contributed by atoms with Gasteiger partial charge in [-0.15, -0.1) is 0 Å². The maximum Gasteiger partial charge on any atom is 0.0542 e. The van der Waals surface area contributed by atoms with E-state index in [0.29, 0.717) is 0 Å². The normalized spacial score (nSPS) is 11.2. The quantitative estimate of drug-likeness (QED) is 0.129. The lowest BCUT2D eigenvalue weighted by atomic mass is 10.1. The zero-order valence-corrected chi connectivity index (χ0v) is 54.4. The van der Waals surface area contributed by atoms with Crippen LogP contribution in [0.2, 0.25) is 0 Å². The molecular formula is C91H70N6. The highest BCUT2D eigenvalue weighted by atomic mass is 15.1. The summed E-state index contributed by atoms with van der Waals surface area (Å²) >= 11 is 0. The summed E-state index contributed by atoms with van der Waals surface area (Å²) in [6.45, 7) is 0. The Hall–Kier alpha value is -12.6. The van der Waals surface area contributed by atoms with Gasteiger partial charge in [0.2, 0.25) is 0 Å². The number of hydrogen-bond donors (Lipinski definition) is 0. The fourth-order valence-electron chi connectivity index (χ4n) is 13.9. The second-order valence-electron chi connectivity index (χ2n) is 24.7. The highest BCUT2D eigenvalue weighted by Crippen LogP contribution is 2.41. The van der Waals surface area contributed by atoms with Crippen molar-refractivity contribution in [1.82, 2.24) is 13.7 Å². The molecule has 0 aliphatic heterocycles. The first-order valence-electron chi connectivity index (χ1n) is 33.2. The van der Waals surface area contributed by atoms with Crippen molar-refractivity contribution in [2.45, 2.75) is 0 Å². The molecular weight excluding hydrogens is 1180 g/mol. The van der Waals surface area contributed by atoms with Gasteiger partial charge in [-0.1, -0.05) is 224 Å². The molecule has 3 heterocycles. The summed E-state index contributed by atoms with van der Waals surface area (Å²) in [4.78, 5) is 6.71. The van der Waals surface area contributed by atoms with Gasteiger partial charge in [-0.2, -0.15) is 0 Å². The molecule has 0 radical (unpaired) electrons. The van der Waals surface area contributed by atoms with Crippen LogP contribution >= 0.6 is 0 Å². The molecule has 464 valence electrons. The van der Waals surface area contributed by atoms with Crippen LogP contribution in [-0.4, -0.2) is 34.8 Å². The Labute approximate surface area is 565 Å². The summed E-state index contributed by atoms with van der Waals surface area (Å²) in [5.41, 5.74) is 22.8. The number of benzene rings is 15. The van der Waals surface area contributed by atoms with Gasteiger partial charge in [0.05, 0.1) is 33.1 Å². The van der Waals surface area contributed by atoms with E-state index in [2.05, 4.69) is 420 Å². The lowest BCUT2D eigenvalue weighted by molar-refractivity contribution is 1.17. The number of anilines is 6. The molecule has 97 heavy (non-hydrogen) atoms. The van der Waals surface area contributed by atoms with Crippen molar-refractivity contribution in [2.75, 3.05) is 35.8 Å². The maximum atomic E-state index is 2.38. The smallest absolute Gasteiger partial charge is 0.0542 e. The molecule has 0 spiro atoms. The minimum Gasteiger partial charge on any atom is -0.345 e. The molecule has 3 aromatic heterocycles. The molecule has 18 rings (SSSR count). The first-order chi connectivity index (χ1) is 47.9. The van der Waals surface area contributed by atoms with Crippen LogP contribution in [0.25, 0.3) is 116 Å². The molecule has 0 saturated heterocycles. The van der Waals surface area contributed by atoms with E-state index < -0.39 is 0 Å². The minimum absolute atomic E-state index is 1.17. The number of rotatable bonds is 11. The van der Waals surface area contributed by atoms with Gasteiger partial charge in [-0.25, -0.2) is 0 Å². The third-order valence-electron chi connectivity index (χ3n) is 19.0. The molecule has 0 bridgehead atoms. The summed E-state index contributed by atoms with van der Waals surface area (Å²) in [6.07, 6.45) is 0. The highest BCUT2D eigenvalue weighted by Gasteiger charge is 2.19. The molecule has 0 fully saturated rings. The molecule has 0 saturated carbocycles. The van der Waals surface area contributed by atoms with Gasteiger partial charge >= 0.3 is 0 Å². The summed E-state index contributed by atoms with van der Waals surface area (Å²) in [5.74, 6) is 0. The lowest BCUT2D eigenvalue weighted by Gasteiger charge is -2.19. The Morgan fingerprint density at radius 2 is 0.485 bits per heavy atom. The Morgan fingerprint density at radius 1 is 0.175 bits per heavy atom. The Balaban J connectivity index is 0.000000114. The summed E-state index contributed by atoms with van der Waals surface area (Å²) in [6, 6.07) is 132. The zero-order chi connectivity index (χ0) is 65.2.